The summed E-state index contributed by atoms with van der Waals surface area (Å²) in [5.41, 5.74) is 2.70. The van der Waals surface area contributed by atoms with Crippen molar-refractivity contribution in [3.8, 4) is 6.07 Å². The van der Waals surface area contributed by atoms with Gasteiger partial charge in [-0.25, -0.2) is 0 Å². The predicted octanol–water partition coefficient (Wildman–Crippen LogP) is 3.11. The monoisotopic (exact) mass is 240 g/mol. The number of H-pyrrole nitrogens is 1. The molecule has 3 heteroatoms. The summed E-state index contributed by atoms with van der Waals surface area (Å²) in [6, 6.07) is 10.1. The van der Waals surface area contributed by atoms with E-state index in [0.717, 1.165) is 10.9 Å². The van der Waals surface area contributed by atoms with Gasteiger partial charge in [0.15, 0.2) is 0 Å². The van der Waals surface area contributed by atoms with E-state index < -0.39 is 0 Å². The molecule has 0 saturated carbocycles. The van der Waals surface area contributed by atoms with Crippen LogP contribution >= 0.6 is 0 Å². The molecule has 1 aromatic heterocycles. The number of nitrogens with one attached hydrogen (secondary N) is 1. The summed E-state index contributed by atoms with van der Waals surface area (Å²) in [6.07, 6.45) is 0.881. The number of nitrogens with zero attached hydrogens (tertiary/aromatic N) is 1. The third kappa shape index (κ3) is 2.43. The van der Waals surface area contributed by atoms with E-state index in [0.29, 0.717) is 24.3 Å². The Bertz CT molecular complexity index is 662. The maximum atomic E-state index is 11.8. The molecule has 0 bridgehead atoms. The fourth-order valence-electron chi connectivity index (χ4n) is 2.01. The van der Waals surface area contributed by atoms with Crippen molar-refractivity contribution in [2.45, 2.75) is 32.6 Å². The lowest BCUT2D eigenvalue weighted by Crippen LogP contribution is -2.12. The standard InChI is InChI=1S/C15H16N2O/c1-10(2)11-5-6-14-13(8-11)9-12(4-3-7-16)15(18)17-14/h5-6,8-10H,3-4H2,1-2H3,(H,17,18). The highest BCUT2D eigenvalue weighted by Gasteiger charge is 2.05. The van der Waals surface area contributed by atoms with Gasteiger partial charge in [-0.05, 0) is 41.5 Å². The highest BCUT2D eigenvalue weighted by Crippen LogP contribution is 2.20. The van der Waals surface area contributed by atoms with Gasteiger partial charge < -0.3 is 4.98 Å². The van der Waals surface area contributed by atoms with Gasteiger partial charge >= 0.3 is 0 Å². The van der Waals surface area contributed by atoms with E-state index in [1.54, 1.807) is 0 Å². The van der Waals surface area contributed by atoms with E-state index in [1.807, 2.05) is 18.2 Å². The molecule has 0 aliphatic heterocycles. The van der Waals surface area contributed by atoms with Crippen LogP contribution in [0, 0.1) is 11.3 Å². The third-order valence-electron chi connectivity index (χ3n) is 3.12. The summed E-state index contributed by atoms with van der Waals surface area (Å²) in [5.74, 6) is 0.462. The Kier molecular flexibility index (Phi) is 3.47. The van der Waals surface area contributed by atoms with Crippen molar-refractivity contribution in [1.29, 1.82) is 5.26 Å². The van der Waals surface area contributed by atoms with Crippen LogP contribution in [0.15, 0.2) is 29.1 Å². The molecule has 2 rings (SSSR count). The van der Waals surface area contributed by atoms with Crippen LogP contribution in [0.3, 0.4) is 0 Å². The van der Waals surface area contributed by atoms with Gasteiger partial charge in [0, 0.05) is 17.5 Å². The second-order valence-electron chi connectivity index (χ2n) is 4.78. The second kappa shape index (κ2) is 5.05. The Balaban J connectivity index is 2.53. The lowest BCUT2D eigenvalue weighted by molar-refractivity contribution is 0.868. The van der Waals surface area contributed by atoms with Crippen LogP contribution in [0.2, 0.25) is 0 Å². The summed E-state index contributed by atoms with van der Waals surface area (Å²) in [5, 5.41) is 9.62. The number of aromatic nitrogens is 1. The van der Waals surface area contributed by atoms with E-state index >= 15 is 0 Å². The van der Waals surface area contributed by atoms with E-state index in [9.17, 15) is 4.79 Å². The summed E-state index contributed by atoms with van der Waals surface area (Å²) in [4.78, 5) is 14.7. The summed E-state index contributed by atoms with van der Waals surface area (Å²) >= 11 is 0. The number of hydrogen-bond acceptors (Lipinski definition) is 2. The Hall–Kier alpha value is -2.08. The van der Waals surface area contributed by atoms with Crippen molar-refractivity contribution in [3.05, 3.63) is 45.7 Å². The molecule has 1 N–H and O–H groups in total. The molecule has 0 fully saturated rings. The maximum absolute atomic E-state index is 11.8. The van der Waals surface area contributed by atoms with Crippen LogP contribution in [0.25, 0.3) is 10.9 Å². The van der Waals surface area contributed by atoms with Crippen molar-refractivity contribution in [1.82, 2.24) is 4.98 Å². The molecule has 0 aliphatic carbocycles. The molecule has 0 aliphatic rings. The fraction of sp³-hybridized carbons (Fsp3) is 0.333. The van der Waals surface area contributed by atoms with Gasteiger partial charge in [0.2, 0.25) is 0 Å². The Morgan fingerprint density at radius 1 is 1.33 bits per heavy atom. The van der Waals surface area contributed by atoms with Crippen molar-refractivity contribution in [2.75, 3.05) is 0 Å². The molecule has 1 heterocycles. The molecule has 0 radical (unpaired) electrons. The fourth-order valence-corrected chi connectivity index (χ4v) is 2.01. The topological polar surface area (TPSA) is 56.6 Å². The van der Waals surface area contributed by atoms with Gasteiger partial charge in [0.25, 0.3) is 5.56 Å². The number of hydrogen-bond donors (Lipinski definition) is 1. The number of benzene rings is 1. The molecule has 0 amide bonds. The molecular formula is C15H16N2O. The number of aryl methyl sites for hydroxylation is 1. The molecular weight excluding hydrogens is 224 g/mol. The van der Waals surface area contributed by atoms with Crippen molar-refractivity contribution in [3.63, 3.8) is 0 Å². The van der Waals surface area contributed by atoms with E-state index in [2.05, 4.69) is 31.0 Å². The molecule has 2 aromatic rings. The van der Waals surface area contributed by atoms with Crippen LogP contribution in [0.4, 0.5) is 0 Å². The van der Waals surface area contributed by atoms with Crippen molar-refractivity contribution >= 4 is 10.9 Å². The van der Waals surface area contributed by atoms with E-state index in [4.69, 9.17) is 5.26 Å². The number of fused-ring (bicyclic) bond motifs is 1. The highest BCUT2D eigenvalue weighted by atomic mass is 16.1. The molecule has 0 spiro atoms. The predicted molar refractivity (Wildman–Crippen MR) is 72.6 cm³/mol. The molecule has 0 unspecified atom stereocenters. The molecule has 0 saturated heterocycles. The Morgan fingerprint density at radius 2 is 2.11 bits per heavy atom. The minimum Gasteiger partial charge on any atom is -0.322 e. The molecule has 18 heavy (non-hydrogen) atoms. The average molecular weight is 240 g/mol. The maximum Gasteiger partial charge on any atom is 0.251 e. The SMILES string of the molecule is CC(C)c1ccc2[nH]c(=O)c(CCC#N)cc2c1. The Labute approximate surface area is 106 Å². The first-order chi connectivity index (χ1) is 8.61. The van der Waals surface area contributed by atoms with Crippen LogP contribution in [-0.4, -0.2) is 4.98 Å². The minimum absolute atomic E-state index is 0.0879. The van der Waals surface area contributed by atoms with Crippen LogP contribution in [0.1, 0.15) is 37.3 Å². The van der Waals surface area contributed by atoms with Crippen molar-refractivity contribution < 1.29 is 0 Å². The minimum atomic E-state index is -0.0879. The lowest BCUT2D eigenvalue weighted by atomic mass is 10.00. The number of nitriles is 1. The van der Waals surface area contributed by atoms with Crippen LogP contribution in [0.5, 0.6) is 0 Å². The van der Waals surface area contributed by atoms with Crippen molar-refractivity contribution in [2.24, 2.45) is 0 Å². The molecule has 92 valence electrons. The van der Waals surface area contributed by atoms with Gasteiger partial charge in [0.1, 0.15) is 0 Å². The third-order valence-corrected chi connectivity index (χ3v) is 3.12. The van der Waals surface area contributed by atoms with Crippen LogP contribution in [-0.2, 0) is 6.42 Å². The molecule has 3 nitrogen and oxygen atoms in total. The smallest absolute Gasteiger partial charge is 0.251 e. The van der Waals surface area contributed by atoms with Crippen LogP contribution < -0.4 is 5.56 Å². The zero-order chi connectivity index (χ0) is 13.1. The lowest BCUT2D eigenvalue weighted by Gasteiger charge is -2.07. The van der Waals surface area contributed by atoms with E-state index in [-0.39, 0.29) is 5.56 Å². The zero-order valence-corrected chi connectivity index (χ0v) is 10.7. The van der Waals surface area contributed by atoms with Gasteiger partial charge in [0.05, 0.1) is 6.07 Å². The van der Waals surface area contributed by atoms with Gasteiger partial charge in [-0.15, -0.1) is 0 Å². The first-order valence-corrected chi connectivity index (χ1v) is 6.14. The molecule has 0 atom stereocenters. The van der Waals surface area contributed by atoms with E-state index in [1.165, 1.54) is 5.56 Å². The first-order valence-electron chi connectivity index (χ1n) is 6.14. The summed E-state index contributed by atoms with van der Waals surface area (Å²) in [6.45, 7) is 4.28. The summed E-state index contributed by atoms with van der Waals surface area (Å²) < 4.78 is 0. The van der Waals surface area contributed by atoms with Gasteiger partial charge in [-0.2, -0.15) is 5.26 Å². The quantitative estimate of drug-likeness (QED) is 0.896. The van der Waals surface area contributed by atoms with Gasteiger partial charge in [-0.1, -0.05) is 19.9 Å². The average Bonchev–Trinajstić information content (AvgIpc) is 2.35. The number of rotatable bonds is 3. The van der Waals surface area contributed by atoms with Gasteiger partial charge in [-0.3, -0.25) is 4.79 Å². The number of pyridine rings is 1. The summed E-state index contributed by atoms with van der Waals surface area (Å²) in [7, 11) is 0. The zero-order valence-electron chi connectivity index (χ0n) is 10.7. The Morgan fingerprint density at radius 3 is 2.78 bits per heavy atom. The molecule has 1 aromatic carbocycles. The number of aromatic amines is 1. The second-order valence-corrected chi connectivity index (χ2v) is 4.78. The normalized spacial score (nSPS) is 10.8. The highest BCUT2D eigenvalue weighted by molar-refractivity contribution is 5.79. The first kappa shape index (κ1) is 12.4. The largest absolute Gasteiger partial charge is 0.322 e.